The van der Waals surface area contributed by atoms with Crippen LogP contribution in [-0.2, 0) is 10.2 Å². The number of hydrogen-bond donors (Lipinski definition) is 0. The van der Waals surface area contributed by atoms with Crippen molar-refractivity contribution in [1.29, 1.82) is 0 Å². The maximum Gasteiger partial charge on any atom is 0.233 e. The lowest BCUT2D eigenvalue weighted by Gasteiger charge is -2.65. The van der Waals surface area contributed by atoms with Crippen LogP contribution >= 0.6 is 15.9 Å². The quantitative estimate of drug-likeness (QED) is 0.442. The van der Waals surface area contributed by atoms with Crippen molar-refractivity contribution in [3.05, 3.63) is 40.5 Å². The summed E-state index contributed by atoms with van der Waals surface area (Å²) < 4.78 is 20.8. The predicted molar refractivity (Wildman–Crippen MR) is 127 cm³/mol. The summed E-state index contributed by atoms with van der Waals surface area (Å²) in [5, 5.41) is 4.37. The zero-order valence-corrected chi connectivity index (χ0v) is 21.0. The molecule has 4 bridgehead atoms. The lowest BCUT2D eigenvalue weighted by molar-refractivity contribution is -0.211. The molecule has 176 valence electrons. The first kappa shape index (κ1) is 21.8. The fraction of sp³-hybridized carbons (Fsp3) is 0.654. The fourth-order valence-corrected chi connectivity index (χ4v) is 7.35. The van der Waals surface area contributed by atoms with Crippen LogP contribution in [-0.4, -0.2) is 28.3 Å². The number of nitrogens with zero attached hydrogens (tertiary/aromatic N) is 3. The van der Waals surface area contributed by atoms with E-state index < -0.39 is 11.1 Å². The van der Waals surface area contributed by atoms with Crippen LogP contribution in [0.15, 0.2) is 33.3 Å². The highest BCUT2D eigenvalue weighted by Crippen LogP contribution is 2.70. The second-order valence-electron chi connectivity index (χ2n) is 11.7. The van der Waals surface area contributed by atoms with Gasteiger partial charge in [-0.2, -0.15) is 4.98 Å². The number of halogens is 2. The van der Waals surface area contributed by atoms with Gasteiger partial charge in [0.2, 0.25) is 11.8 Å². The standard InChI is InChI=1S/C26H31BrFN3O2/c1-17(2)20-29-21(30-33-20)24-9-6-23(7-10-24,8-11-24)16-31(19-5-3-4-18(27)12-19)22(32)25-13-26(28,14-25)15-25/h3-5,12,17H,6-11,13-16H2,1-2H3. The van der Waals surface area contributed by atoms with Crippen LogP contribution in [0, 0.1) is 10.8 Å². The molecular weight excluding hydrogens is 485 g/mol. The van der Waals surface area contributed by atoms with Gasteiger partial charge in [-0.15, -0.1) is 0 Å². The molecule has 5 nitrogen and oxygen atoms in total. The number of rotatable bonds is 6. The van der Waals surface area contributed by atoms with Crippen molar-refractivity contribution in [3.63, 3.8) is 0 Å². The van der Waals surface area contributed by atoms with Crippen molar-refractivity contribution in [1.82, 2.24) is 10.1 Å². The second kappa shape index (κ2) is 7.12. The van der Waals surface area contributed by atoms with Crippen LogP contribution in [0.5, 0.6) is 0 Å². The van der Waals surface area contributed by atoms with Crippen molar-refractivity contribution in [3.8, 4) is 0 Å². The lowest BCUT2D eigenvalue weighted by Crippen LogP contribution is -2.71. The summed E-state index contributed by atoms with van der Waals surface area (Å²) in [4.78, 5) is 20.5. The number of aromatic nitrogens is 2. The Balaban J connectivity index is 1.24. The van der Waals surface area contributed by atoms with Crippen LogP contribution in [0.25, 0.3) is 0 Å². The molecule has 6 saturated carbocycles. The van der Waals surface area contributed by atoms with Gasteiger partial charge in [0.15, 0.2) is 5.82 Å². The van der Waals surface area contributed by atoms with Gasteiger partial charge < -0.3 is 9.42 Å². The molecule has 1 heterocycles. The predicted octanol–water partition coefficient (Wildman–Crippen LogP) is 6.47. The smallest absolute Gasteiger partial charge is 0.233 e. The molecule has 33 heavy (non-hydrogen) atoms. The van der Waals surface area contributed by atoms with E-state index in [2.05, 4.69) is 34.9 Å². The Morgan fingerprint density at radius 1 is 1.15 bits per heavy atom. The van der Waals surface area contributed by atoms with E-state index in [1.54, 1.807) is 0 Å². The van der Waals surface area contributed by atoms with E-state index in [-0.39, 0.29) is 22.7 Å². The summed E-state index contributed by atoms with van der Waals surface area (Å²) in [5.41, 5.74) is -0.522. The molecule has 0 atom stereocenters. The highest BCUT2D eigenvalue weighted by Gasteiger charge is 2.73. The highest BCUT2D eigenvalue weighted by atomic mass is 79.9. The molecule has 6 aliphatic rings. The minimum absolute atomic E-state index is 0.0114. The molecule has 6 aliphatic carbocycles. The van der Waals surface area contributed by atoms with E-state index in [4.69, 9.17) is 9.51 Å². The van der Waals surface area contributed by atoms with Gasteiger partial charge in [-0.25, -0.2) is 4.39 Å². The van der Waals surface area contributed by atoms with Crippen LogP contribution in [0.2, 0.25) is 0 Å². The molecular formula is C26H31BrFN3O2. The SMILES string of the molecule is CC(C)c1nc(C23CCC(CN(C(=O)C45CC(F)(C4)C5)c4cccc(Br)c4)(CC2)CC3)no1. The maximum atomic E-state index is 14.3. The number of amides is 1. The van der Waals surface area contributed by atoms with Gasteiger partial charge in [0, 0.05) is 28.0 Å². The van der Waals surface area contributed by atoms with Gasteiger partial charge in [-0.3, -0.25) is 4.79 Å². The van der Waals surface area contributed by atoms with Gasteiger partial charge >= 0.3 is 0 Å². The van der Waals surface area contributed by atoms with Crippen LogP contribution in [0.3, 0.4) is 0 Å². The maximum absolute atomic E-state index is 14.3. The molecule has 0 saturated heterocycles. The summed E-state index contributed by atoms with van der Waals surface area (Å²) in [6.45, 7) is 4.86. The third-order valence-corrected chi connectivity index (χ3v) is 9.58. The normalized spacial score (nSPS) is 36.4. The molecule has 0 spiro atoms. The first-order chi connectivity index (χ1) is 15.7. The third-order valence-electron chi connectivity index (χ3n) is 9.09. The number of carbonyl (C=O) groups excluding carboxylic acids is 1. The van der Waals surface area contributed by atoms with Gasteiger partial charge in [0.1, 0.15) is 5.67 Å². The van der Waals surface area contributed by atoms with Gasteiger partial charge in [-0.05, 0) is 81.4 Å². The number of carbonyl (C=O) groups is 1. The Bertz CT molecular complexity index is 1070. The zero-order valence-electron chi connectivity index (χ0n) is 19.4. The molecule has 1 amide bonds. The van der Waals surface area contributed by atoms with E-state index in [0.717, 1.165) is 60.4 Å². The summed E-state index contributed by atoms with van der Waals surface area (Å²) >= 11 is 3.57. The summed E-state index contributed by atoms with van der Waals surface area (Å²) in [6.07, 6.45) is 7.44. The topological polar surface area (TPSA) is 59.2 Å². The first-order valence-corrected chi connectivity index (χ1v) is 13.1. The third kappa shape index (κ3) is 3.32. The Kier molecular flexibility index (Phi) is 4.70. The number of fused-ring (bicyclic) bond motifs is 3. The molecule has 0 unspecified atom stereocenters. The van der Waals surface area contributed by atoms with Crippen LogP contribution < -0.4 is 4.90 Å². The largest absolute Gasteiger partial charge is 0.339 e. The number of hydrogen-bond acceptors (Lipinski definition) is 4. The summed E-state index contributed by atoms with van der Waals surface area (Å²) in [5.74, 6) is 1.95. The van der Waals surface area contributed by atoms with E-state index in [9.17, 15) is 9.18 Å². The molecule has 1 aromatic heterocycles. The highest BCUT2D eigenvalue weighted by molar-refractivity contribution is 9.10. The van der Waals surface area contributed by atoms with Crippen molar-refractivity contribution in [2.75, 3.05) is 11.4 Å². The zero-order chi connectivity index (χ0) is 23.1. The molecule has 2 aromatic rings. The van der Waals surface area contributed by atoms with Gasteiger partial charge in [0.05, 0.1) is 5.41 Å². The molecule has 0 radical (unpaired) electrons. The molecule has 0 N–H and O–H groups in total. The minimum atomic E-state index is -1.08. The van der Waals surface area contributed by atoms with Crippen LogP contribution in [0.1, 0.15) is 89.3 Å². The van der Waals surface area contributed by atoms with E-state index in [1.165, 1.54) is 0 Å². The molecule has 8 rings (SSSR count). The number of alkyl halides is 1. The molecule has 6 fully saturated rings. The van der Waals surface area contributed by atoms with E-state index >= 15 is 0 Å². The van der Waals surface area contributed by atoms with Crippen molar-refractivity contribution in [2.45, 2.75) is 88.6 Å². The second-order valence-corrected chi connectivity index (χ2v) is 12.6. The molecule has 1 aromatic carbocycles. The number of benzene rings is 1. The van der Waals surface area contributed by atoms with Crippen molar-refractivity contribution < 1.29 is 13.7 Å². The molecule has 7 heteroatoms. The van der Waals surface area contributed by atoms with E-state index in [1.807, 2.05) is 29.2 Å². The fourth-order valence-electron chi connectivity index (χ4n) is 6.96. The Morgan fingerprint density at radius 2 is 1.82 bits per heavy atom. The van der Waals surface area contributed by atoms with Crippen LogP contribution in [0.4, 0.5) is 10.1 Å². The Hall–Kier alpha value is -1.76. The molecule has 0 aliphatic heterocycles. The minimum Gasteiger partial charge on any atom is -0.339 e. The first-order valence-electron chi connectivity index (χ1n) is 12.3. The lowest BCUT2D eigenvalue weighted by atomic mass is 9.41. The summed E-state index contributed by atoms with van der Waals surface area (Å²) in [7, 11) is 0. The Morgan fingerprint density at radius 3 is 2.36 bits per heavy atom. The monoisotopic (exact) mass is 515 g/mol. The van der Waals surface area contributed by atoms with Crippen molar-refractivity contribution >= 4 is 27.5 Å². The average Bonchev–Trinajstić information content (AvgIpc) is 3.27. The Labute approximate surface area is 202 Å². The van der Waals surface area contributed by atoms with Crippen molar-refractivity contribution in [2.24, 2.45) is 10.8 Å². The summed E-state index contributed by atoms with van der Waals surface area (Å²) in [6, 6.07) is 7.99. The van der Waals surface area contributed by atoms with Gasteiger partial charge in [0.25, 0.3) is 0 Å². The number of anilines is 1. The van der Waals surface area contributed by atoms with Gasteiger partial charge in [-0.1, -0.05) is 41.0 Å². The average molecular weight is 516 g/mol. The van der Waals surface area contributed by atoms with E-state index in [0.29, 0.717) is 25.8 Å².